The molecule has 2 amide bonds. The smallest absolute Gasteiger partial charge is 0.260 e. The number of likely N-dealkylation sites (N-methyl/N-ethyl adjacent to an activating group) is 1. The van der Waals surface area contributed by atoms with E-state index in [2.05, 4.69) is 5.32 Å². The van der Waals surface area contributed by atoms with Crippen LogP contribution in [0.15, 0.2) is 24.3 Å². The quantitative estimate of drug-likeness (QED) is 0.838. The van der Waals surface area contributed by atoms with E-state index in [0.717, 1.165) is 0 Å². The summed E-state index contributed by atoms with van der Waals surface area (Å²) in [6, 6.07) is 6.00. The van der Waals surface area contributed by atoms with E-state index in [0.29, 0.717) is 32.7 Å². The zero-order valence-electron chi connectivity index (χ0n) is 12.5. The molecule has 120 valence electrons. The molecule has 1 saturated heterocycles. The monoisotopic (exact) mass is 309 g/mol. The molecule has 0 radical (unpaired) electrons. The van der Waals surface area contributed by atoms with Gasteiger partial charge >= 0.3 is 0 Å². The highest BCUT2D eigenvalue weighted by atomic mass is 19.1. The van der Waals surface area contributed by atoms with Gasteiger partial charge in [-0.1, -0.05) is 12.1 Å². The molecular weight excluding hydrogens is 289 g/mol. The van der Waals surface area contributed by atoms with Crippen molar-refractivity contribution in [2.75, 3.05) is 46.4 Å². The molecule has 0 spiro atoms. The average Bonchev–Trinajstić information content (AvgIpc) is 2.54. The molecule has 1 aliphatic heterocycles. The van der Waals surface area contributed by atoms with E-state index in [-0.39, 0.29) is 24.2 Å². The number of carbonyl (C=O) groups excluding carboxylic acids is 2. The lowest BCUT2D eigenvalue weighted by Crippen LogP contribution is -2.51. The van der Waals surface area contributed by atoms with E-state index in [1.54, 1.807) is 24.1 Å². The lowest BCUT2D eigenvalue weighted by Gasteiger charge is -2.34. The predicted molar refractivity (Wildman–Crippen MR) is 79.0 cm³/mol. The number of hydrogen-bond acceptors (Lipinski definition) is 4. The molecule has 7 heteroatoms. The van der Waals surface area contributed by atoms with Crippen molar-refractivity contribution in [1.82, 2.24) is 15.1 Å². The van der Waals surface area contributed by atoms with Gasteiger partial charge in [0.1, 0.15) is 0 Å². The Kier molecular flexibility index (Phi) is 5.71. The number of halogens is 1. The second-order valence-corrected chi connectivity index (χ2v) is 5.05. The third-order valence-corrected chi connectivity index (χ3v) is 3.56. The lowest BCUT2D eigenvalue weighted by molar-refractivity contribution is -0.135. The number of benzene rings is 1. The van der Waals surface area contributed by atoms with E-state index in [9.17, 15) is 14.0 Å². The Labute approximate surface area is 128 Å². The normalized spacial score (nSPS) is 15.5. The lowest BCUT2D eigenvalue weighted by atomic mass is 10.3. The third kappa shape index (κ3) is 4.42. The zero-order valence-corrected chi connectivity index (χ0v) is 12.5. The van der Waals surface area contributed by atoms with Crippen LogP contribution in [0.2, 0.25) is 0 Å². The largest absolute Gasteiger partial charge is 0.481 e. The number of hydrogen-bond donors (Lipinski definition) is 1. The van der Waals surface area contributed by atoms with E-state index in [4.69, 9.17) is 4.74 Å². The fourth-order valence-electron chi connectivity index (χ4n) is 2.23. The van der Waals surface area contributed by atoms with Crippen molar-refractivity contribution in [3.8, 4) is 5.75 Å². The summed E-state index contributed by atoms with van der Waals surface area (Å²) in [6.45, 7) is 2.51. The predicted octanol–water partition coefficient (Wildman–Crippen LogP) is 0.0947. The molecule has 0 aromatic heterocycles. The van der Waals surface area contributed by atoms with Crippen LogP contribution < -0.4 is 10.1 Å². The van der Waals surface area contributed by atoms with Crippen molar-refractivity contribution in [3.63, 3.8) is 0 Å². The minimum Gasteiger partial charge on any atom is -0.481 e. The summed E-state index contributed by atoms with van der Waals surface area (Å²) in [4.78, 5) is 27.0. The first-order chi connectivity index (χ1) is 10.6. The van der Waals surface area contributed by atoms with Crippen molar-refractivity contribution in [2.24, 2.45) is 0 Å². The minimum absolute atomic E-state index is 0.0392. The zero-order chi connectivity index (χ0) is 15.9. The van der Waals surface area contributed by atoms with Gasteiger partial charge in [-0.3, -0.25) is 14.5 Å². The molecule has 0 aliphatic carbocycles. The number of nitrogens with zero attached hydrogens (tertiary/aromatic N) is 2. The van der Waals surface area contributed by atoms with Crippen LogP contribution in [-0.2, 0) is 9.59 Å². The first-order valence-corrected chi connectivity index (χ1v) is 7.18. The summed E-state index contributed by atoms with van der Waals surface area (Å²) in [7, 11) is 1.60. The number of ether oxygens (including phenoxy) is 1. The van der Waals surface area contributed by atoms with Crippen molar-refractivity contribution in [3.05, 3.63) is 30.1 Å². The summed E-state index contributed by atoms with van der Waals surface area (Å²) < 4.78 is 18.6. The van der Waals surface area contributed by atoms with E-state index in [1.165, 1.54) is 12.1 Å². The Balaban J connectivity index is 1.76. The van der Waals surface area contributed by atoms with Crippen molar-refractivity contribution in [2.45, 2.75) is 0 Å². The van der Waals surface area contributed by atoms with E-state index in [1.807, 2.05) is 4.90 Å². The fourth-order valence-corrected chi connectivity index (χ4v) is 2.23. The maximum Gasteiger partial charge on any atom is 0.260 e. The molecule has 1 aromatic carbocycles. The minimum atomic E-state index is -0.481. The number of rotatable bonds is 5. The Morgan fingerprint density at radius 1 is 1.23 bits per heavy atom. The Bertz CT molecular complexity index is 531. The molecule has 6 nitrogen and oxygen atoms in total. The average molecular weight is 309 g/mol. The van der Waals surface area contributed by atoms with Gasteiger partial charge in [0.25, 0.3) is 5.91 Å². The van der Waals surface area contributed by atoms with Crippen LogP contribution in [0.5, 0.6) is 5.75 Å². The standard InChI is InChI=1S/C15H20FN3O3/c1-17-14(20)10-18-6-8-19(9-7-18)15(21)11-22-13-5-3-2-4-12(13)16/h2-5H,6-11H2,1H3,(H,17,20). The van der Waals surface area contributed by atoms with Gasteiger partial charge in [0.05, 0.1) is 6.54 Å². The van der Waals surface area contributed by atoms with Crippen molar-refractivity contribution in [1.29, 1.82) is 0 Å². The maximum absolute atomic E-state index is 13.4. The van der Waals surface area contributed by atoms with Crippen LogP contribution in [0.25, 0.3) is 0 Å². The molecule has 1 aliphatic rings. The second-order valence-electron chi connectivity index (χ2n) is 5.05. The van der Waals surface area contributed by atoms with Crippen molar-refractivity contribution < 1.29 is 18.7 Å². The van der Waals surface area contributed by atoms with Crippen LogP contribution in [0.1, 0.15) is 0 Å². The summed E-state index contributed by atoms with van der Waals surface area (Å²) in [5.41, 5.74) is 0. The first kappa shape index (κ1) is 16.2. The highest BCUT2D eigenvalue weighted by Crippen LogP contribution is 2.15. The van der Waals surface area contributed by atoms with Gasteiger partial charge in [0, 0.05) is 33.2 Å². The highest BCUT2D eigenvalue weighted by Gasteiger charge is 2.22. The number of para-hydroxylation sites is 1. The molecule has 0 bridgehead atoms. The Hall–Kier alpha value is -2.15. The number of piperazine rings is 1. The number of nitrogens with one attached hydrogen (secondary N) is 1. The molecule has 1 heterocycles. The summed E-state index contributed by atoms with van der Waals surface area (Å²) in [6.07, 6.45) is 0. The molecule has 1 aromatic rings. The molecular formula is C15H20FN3O3. The molecule has 1 fully saturated rings. The fraction of sp³-hybridized carbons (Fsp3) is 0.467. The van der Waals surface area contributed by atoms with Gasteiger partial charge in [-0.05, 0) is 12.1 Å². The van der Waals surface area contributed by atoms with Crippen molar-refractivity contribution >= 4 is 11.8 Å². The van der Waals surface area contributed by atoms with Gasteiger partial charge in [0.15, 0.2) is 18.2 Å². The maximum atomic E-state index is 13.4. The van der Waals surface area contributed by atoms with E-state index < -0.39 is 5.82 Å². The highest BCUT2D eigenvalue weighted by molar-refractivity contribution is 5.78. The van der Waals surface area contributed by atoms with Gasteiger partial charge in [0.2, 0.25) is 5.91 Å². The summed E-state index contributed by atoms with van der Waals surface area (Å²) in [5.74, 6) is -0.620. The van der Waals surface area contributed by atoms with Crippen LogP contribution in [-0.4, -0.2) is 68.0 Å². The molecule has 0 atom stereocenters. The SMILES string of the molecule is CNC(=O)CN1CCN(C(=O)COc2ccccc2F)CC1. The second kappa shape index (κ2) is 7.74. The van der Waals surface area contributed by atoms with Gasteiger partial charge in [-0.15, -0.1) is 0 Å². The van der Waals surface area contributed by atoms with Crippen LogP contribution in [0, 0.1) is 5.82 Å². The molecule has 1 N–H and O–H groups in total. The van der Waals surface area contributed by atoms with Crippen LogP contribution in [0.3, 0.4) is 0 Å². The molecule has 0 saturated carbocycles. The number of carbonyl (C=O) groups is 2. The third-order valence-electron chi connectivity index (χ3n) is 3.56. The van der Waals surface area contributed by atoms with Gasteiger partial charge in [-0.2, -0.15) is 0 Å². The molecule has 22 heavy (non-hydrogen) atoms. The molecule has 2 rings (SSSR count). The van der Waals surface area contributed by atoms with E-state index >= 15 is 0 Å². The summed E-state index contributed by atoms with van der Waals surface area (Å²) >= 11 is 0. The Morgan fingerprint density at radius 3 is 2.55 bits per heavy atom. The van der Waals surface area contributed by atoms with Crippen LogP contribution >= 0.6 is 0 Å². The van der Waals surface area contributed by atoms with Gasteiger partial charge in [-0.25, -0.2) is 4.39 Å². The van der Waals surface area contributed by atoms with Crippen LogP contribution in [0.4, 0.5) is 4.39 Å². The first-order valence-electron chi connectivity index (χ1n) is 7.18. The Morgan fingerprint density at radius 2 is 1.91 bits per heavy atom. The molecule has 0 unspecified atom stereocenters. The topological polar surface area (TPSA) is 61.9 Å². The number of amides is 2. The van der Waals surface area contributed by atoms with Gasteiger partial charge < -0.3 is 15.0 Å². The summed E-state index contributed by atoms with van der Waals surface area (Å²) in [5, 5.41) is 2.57.